The summed E-state index contributed by atoms with van der Waals surface area (Å²) in [6.07, 6.45) is 5.47. The summed E-state index contributed by atoms with van der Waals surface area (Å²) in [5.41, 5.74) is 2.16. The van der Waals surface area contributed by atoms with Gasteiger partial charge in [0.25, 0.3) is 0 Å². The molecule has 0 radical (unpaired) electrons. The molecular formula is C18H13NOSTi. The van der Waals surface area contributed by atoms with Crippen molar-refractivity contribution in [2.45, 2.75) is 6.54 Å². The Labute approximate surface area is 149 Å². The smallest absolute Gasteiger partial charge is 0.316 e. The average Bonchev–Trinajstić information content (AvgIpc) is 2.85. The van der Waals surface area contributed by atoms with Gasteiger partial charge in [-0.1, -0.05) is 47.6 Å². The number of hydrogen-bond donors (Lipinski definition) is 0. The van der Waals surface area contributed by atoms with Crippen molar-refractivity contribution in [3.8, 4) is 24.2 Å². The third kappa shape index (κ3) is 3.86. The summed E-state index contributed by atoms with van der Waals surface area (Å²) in [4.78, 5) is 0. The number of thiazole rings is 1. The molecule has 106 valence electrons. The van der Waals surface area contributed by atoms with E-state index in [0.29, 0.717) is 6.54 Å². The van der Waals surface area contributed by atoms with Gasteiger partial charge in [-0.3, -0.25) is 0 Å². The van der Waals surface area contributed by atoms with Crippen LogP contribution in [0.3, 0.4) is 0 Å². The van der Waals surface area contributed by atoms with Crippen LogP contribution in [-0.2, 0) is 28.3 Å². The van der Waals surface area contributed by atoms with Crippen LogP contribution < -0.4 is 4.57 Å². The molecule has 0 bridgehead atoms. The maximum absolute atomic E-state index is 5.47. The second-order valence-corrected chi connectivity index (χ2v) is 5.31. The first-order chi connectivity index (χ1) is 9.88. The van der Waals surface area contributed by atoms with E-state index >= 15 is 0 Å². The van der Waals surface area contributed by atoms with Gasteiger partial charge in [0.15, 0.2) is 0 Å². The third-order valence-corrected chi connectivity index (χ3v) is 4.03. The molecule has 1 N–H and O–H groups in total. The normalized spacial score (nSPS) is 8.86. The van der Waals surface area contributed by atoms with Crippen LogP contribution >= 0.6 is 11.3 Å². The van der Waals surface area contributed by atoms with E-state index in [1.54, 1.807) is 11.3 Å². The minimum absolute atomic E-state index is 0. The van der Waals surface area contributed by atoms with Gasteiger partial charge in [0, 0.05) is 39.3 Å². The summed E-state index contributed by atoms with van der Waals surface area (Å²) in [5, 5.41) is 0.994. The Morgan fingerprint density at radius 3 is 2.36 bits per heavy atom. The van der Waals surface area contributed by atoms with E-state index in [2.05, 4.69) is 34.5 Å². The molecule has 0 spiro atoms. The number of hydrogen-bond acceptors (Lipinski definition) is 2. The Morgan fingerprint density at radius 1 is 0.955 bits per heavy atom. The molecule has 1 heterocycles. The van der Waals surface area contributed by atoms with Crippen LogP contribution in [0.2, 0.25) is 0 Å². The minimum Gasteiger partial charge on any atom is -0.870 e. The van der Waals surface area contributed by atoms with Crippen molar-refractivity contribution in [2.75, 3.05) is 0 Å². The monoisotopic (exact) mass is 339 g/mol. The van der Waals surface area contributed by atoms with Gasteiger partial charge in [0.1, 0.15) is 4.70 Å². The number of terminal acetylenes is 1. The zero-order valence-electron chi connectivity index (χ0n) is 11.8. The largest absolute Gasteiger partial charge is 0.870 e. The van der Waals surface area contributed by atoms with Gasteiger partial charge in [0.05, 0.1) is 0 Å². The summed E-state index contributed by atoms with van der Waals surface area (Å²) >= 11 is 1.68. The maximum Gasteiger partial charge on any atom is 0.316 e. The molecule has 0 aliphatic carbocycles. The predicted molar refractivity (Wildman–Crippen MR) is 85.2 cm³/mol. The van der Waals surface area contributed by atoms with Crippen LogP contribution in [0.5, 0.6) is 0 Å². The second-order valence-electron chi connectivity index (χ2n) is 4.28. The van der Waals surface area contributed by atoms with Crippen LogP contribution in [0.4, 0.5) is 0 Å². The molecule has 22 heavy (non-hydrogen) atoms. The molecule has 0 aliphatic rings. The topological polar surface area (TPSA) is 33.9 Å². The fourth-order valence-corrected chi connectivity index (χ4v) is 3.04. The van der Waals surface area contributed by atoms with Crippen molar-refractivity contribution in [1.29, 1.82) is 0 Å². The molecule has 0 saturated carbocycles. The van der Waals surface area contributed by atoms with Crippen LogP contribution in [0.15, 0.2) is 54.6 Å². The van der Waals surface area contributed by atoms with E-state index in [1.807, 2.05) is 42.5 Å². The van der Waals surface area contributed by atoms with Gasteiger partial charge in [0.2, 0.25) is 12.1 Å². The van der Waals surface area contributed by atoms with Gasteiger partial charge in [-0.15, -0.1) is 6.42 Å². The predicted octanol–water partition coefficient (Wildman–Crippen LogP) is 3.04. The molecule has 3 aromatic rings. The number of para-hydroxylation sites is 1. The molecule has 0 saturated heterocycles. The number of nitrogens with zero attached hydrogens (tertiary/aromatic N) is 1. The van der Waals surface area contributed by atoms with Crippen LogP contribution in [0.1, 0.15) is 10.6 Å². The molecule has 4 heteroatoms. The molecule has 1 aromatic heterocycles. The summed E-state index contributed by atoms with van der Waals surface area (Å²) in [5.74, 6) is 9.13. The van der Waals surface area contributed by atoms with Gasteiger partial charge in [-0.25, -0.2) is 0 Å². The van der Waals surface area contributed by atoms with Crippen LogP contribution in [0.25, 0.3) is 10.2 Å². The Morgan fingerprint density at radius 2 is 1.64 bits per heavy atom. The first kappa shape index (κ1) is 18.2. The third-order valence-electron chi connectivity index (χ3n) is 2.94. The molecule has 2 aromatic carbocycles. The van der Waals surface area contributed by atoms with E-state index in [-0.39, 0.29) is 27.2 Å². The van der Waals surface area contributed by atoms with Gasteiger partial charge < -0.3 is 5.48 Å². The molecule has 0 atom stereocenters. The van der Waals surface area contributed by atoms with Gasteiger partial charge in [-0.2, -0.15) is 4.57 Å². The van der Waals surface area contributed by atoms with Crippen molar-refractivity contribution < 1.29 is 31.8 Å². The first-order valence-electron chi connectivity index (χ1n) is 6.30. The molecule has 0 unspecified atom stereocenters. The Kier molecular flexibility index (Phi) is 7.05. The molecule has 0 amide bonds. The fraction of sp³-hybridized carbons (Fsp3) is 0.0556. The van der Waals surface area contributed by atoms with Gasteiger partial charge >= 0.3 is 5.01 Å². The fourth-order valence-electron chi connectivity index (χ4n) is 2.02. The molecule has 0 fully saturated rings. The van der Waals surface area contributed by atoms with Crippen molar-refractivity contribution in [3.05, 3.63) is 65.2 Å². The average molecular weight is 339 g/mol. The Balaban J connectivity index is 0.00000121. The molecule has 3 rings (SSSR count). The number of aromatic nitrogens is 1. The number of benzene rings is 2. The summed E-state index contributed by atoms with van der Waals surface area (Å²) in [6, 6.07) is 18.2. The Hall–Kier alpha value is -1.88. The van der Waals surface area contributed by atoms with E-state index < -0.39 is 0 Å². The van der Waals surface area contributed by atoms with Crippen LogP contribution in [-0.4, -0.2) is 5.48 Å². The van der Waals surface area contributed by atoms with Crippen molar-refractivity contribution >= 4 is 21.6 Å². The summed E-state index contributed by atoms with van der Waals surface area (Å²) < 4.78 is 3.30. The summed E-state index contributed by atoms with van der Waals surface area (Å²) in [6.45, 7) is 0.544. The van der Waals surface area contributed by atoms with Crippen molar-refractivity contribution in [3.63, 3.8) is 0 Å². The molecular weight excluding hydrogens is 326 g/mol. The van der Waals surface area contributed by atoms with E-state index in [9.17, 15) is 0 Å². The van der Waals surface area contributed by atoms with Crippen molar-refractivity contribution in [1.82, 2.24) is 0 Å². The minimum atomic E-state index is 0. The van der Waals surface area contributed by atoms with Crippen LogP contribution in [0, 0.1) is 24.2 Å². The van der Waals surface area contributed by atoms with Gasteiger partial charge in [-0.05, 0) is 24.1 Å². The number of fused-ring (bicyclic) bond motifs is 1. The van der Waals surface area contributed by atoms with Crippen molar-refractivity contribution in [2.24, 2.45) is 0 Å². The molecule has 0 aliphatic heterocycles. The zero-order chi connectivity index (χ0) is 13.8. The zero-order valence-corrected chi connectivity index (χ0v) is 14.2. The van der Waals surface area contributed by atoms with E-state index in [1.165, 1.54) is 4.70 Å². The Bertz CT molecular complexity index is 853. The standard InChI is InChI=1S/C18H12NS.H2O.Ti/c1-2-14-19-16-10-6-7-11-17(16)20-18(19)13-12-15-8-4-3-5-9-15;;/h1,3-11H,14H2;1H2;/q+1;;/p-1. The van der Waals surface area contributed by atoms with E-state index in [0.717, 1.165) is 16.1 Å². The first-order valence-corrected chi connectivity index (χ1v) is 7.12. The second kappa shape index (κ2) is 8.54. The maximum atomic E-state index is 5.47. The number of rotatable bonds is 1. The SMILES string of the molecule is C#CC[n+]1c(C#Cc2ccccc2)sc2ccccc21.[OH-].[Ti]. The molecule has 2 nitrogen and oxygen atoms in total. The quantitative estimate of drug-likeness (QED) is 0.381. The summed E-state index contributed by atoms with van der Waals surface area (Å²) in [7, 11) is 0. The van der Waals surface area contributed by atoms with E-state index in [4.69, 9.17) is 6.42 Å².